The third-order valence-corrected chi connectivity index (χ3v) is 6.25. The standard InChI is InChI=1S/C20H22N2O4S/c23-19(21-18-11-12-27(25,26)15-18)20(24)22(13-16-7-3-1-4-8-16)14-17-9-5-2-6-10-17/h1-10,18H,11-15H2,(H,21,23). The Labute approximate surface area is 159 Å². The molecule has 0 aromatic heterocycles. The minimum absolute atomic E-state index is 0.0455. The third-order valence-electron chi connectivity index (χ3n) is 4.48. The van der Waals surface area contributed by atoms with Gasteiger partial charge in [-0.2, -0.15) is 0 Å². The van der Waals surface area contributed by atoms with Crippen molar-refractivity contribution in [3.63, 3.8) is 0 Å². The highest BCUT2D eigenvalue weighted by Crippen LogP contribution is 2.13. The highest BCUT2D eigenvalue weighted by molar-refractivity contribution is 7.91. The third kappa shape index (κ3) is 5.40. The first-order chi connectivity index (χ1) is 12.9. The zero-order valence-electron chi connectivity index (χ0n) is 14.9. The summed E-state index contributed by atoms with van der Waals surface area (Å²) in [6.07, 6.45) is 0.346. The number of amides is 2. The van der Waals surface area contributed by atoms with Crippen LogP contribution in [0.1, 0.15) is 17.5 Å². The van der Waals surface area contributed by atoms with Gasteiger partial charge >= 0.3 is 11.8 Å². The number of sulfone groups is 1. The smallest absolute Gasteiger partial charge is 0.312 e. The van der Waals surface area contributed by atoms with Gasteiger partial charge in [0.1, 0.15) is 0 Å². The summed E-state index contributed by atoms with van der Waals surface area (Å²) in [5.41, 5.74) is 1.83. The summed E-state index contributed by atoms with van der Waals surface area (Å²) in [5.74, 6) is -1.48. The van der Waals surface area contributed by atoms with Crippen molar-refractivity contribution >= 4 is 21.7 Å². The van der Waals surface area contributed by atoms with Crippen LogP contribution in [0.5, 0.6) is 0 Å². The largest absolute Gasteiger partial charge is 0.344 e. The Morgan fingerprint density at radius 3 is 1.89 bits per heavy atom. The van der Waals surface area contributed by atoms with Gasteiger partial charge in [0.05, 0.1) is 11.5 Å². The van der Waals surface area contributed by atoms with Crippen LogP contribution in [0.15, 0.2) is 60.7 Å². The molecular weight excluding hydrogens is 364 g/mol. The van der Waals surface area contributed by atoms with E-state index in [0.717, 1.165) is 11.1 Å². The van der Waals surface area contributed by atoms with Crippen LogP contribution in [0, 0.1) is 0 Å². The Balaban J connectivity index is 1.72. The summed E-state index contributed by atoms with van der Waals surface area (Å²) in [4.78, 5) is 26.7. The molecule has 2 aromatic carbocycles. The summed E-state index contributed by atoms with van der Waals surface area (Å²) in [6.45, 7) is 0.593. The maximum Gasteiger partial charge on any atom is 0.312 e. The van der Waals surface area contributed by atoms with Gasteiger partial charge in [-0.25, -0.2) is 8.42 Å². The van der Waals surface area contributed by atoms with E-state index < -0.39 is 27.7 Å². The van der Waals surface area contributed by atoms with Gasteiger partial charge in [-0.3, -0.25) is 9.59 Å². The first-order valence-corrected chi connectivity index (χ1v) is 10.6. The number of nitrogens with one attached hydrogen (secondary N) is 1. The van der Waals surface area contributed by atoms with Crippen molar-refractivity contribution in [2.24, 2.45) is 0 Å². The zero-order chi connectivity index (χ0) is 19.3. The summed E-state index contributed by atoms with van der Waals surface area (Å²) in [5, 5.41) is 2.58. The van der Waals surface area contributed by atoms with Crippen molar-refractivity contribution in [2.45, 2.75) is 25.6 Å². The van der Waals surface area contributed by atoms with Crippen LogP contribution >= 0.6 is 0 Å². The highest BCUT2D eigenvalue weighted by Gasteiger charge is 2.31. The van der Waals surface area contributed by atoms with E-state index in [9.17, 15) is 18.0 Å². The quantitative estimate of drug-likeness (QED) is 0.790. The molecule has 7 heteroatoms. The second kappa shape index (κ2) is 8.35. The average molecular weight is 386 g/mol. The predicted molar refractivity (Wildman–Crippen MR) is 102 cm³/mol. The molecule has 0 spiro atoms. The molecule has 1 fully saturated rings. The minimum Gasteiger partial charge on any atom is -0.344 e. The van der Waals surface area contributed by atoms with Crippen LogP contribution in [0.2, 0.25) is 0 Å². The fraction of sp³-hybridized carbons (Fsp3) is 0.300. The van der Waals surface area contributed by atoms with Gasteiger partial charge in [0, 0.05) is 19.1 Å². The maximum atomic E-state index is 12.8. The molecule has 3 rings (SSSR count). The Morgan fingerprint density at radius 1 is 0.926 bits per heavy atom. The van der Waals surface area contributed by atoms with E-state index in [4.69, 9.17) is 0 Å². The molecule has 142 valence electrons. The number of carbonyl (C=O) groups is 2. The van der Waals surface area contributed by atoms with Crippen LogP contribution in [-0.2, 0) is 32.5 Å². The molecule has 2 amide bonds. The van der Waals surface area contributed by atoms with Gasteiger partial charge in [-0.1, -0.05) is 60.7 Å². The molecule has 1 unspecified atom stereocenters. The van der Waals surface area contributed by atoms with Crippen molar-refractivity contribution in [3.8, 4) is 0 Å². The predicted octanol–water partition coefficient (Wildman–Crippen LogP) is 1.52. The number of benzene rings is 2. The summed E-state index contributed by atoms with van der Waals surface area (Å²) < 4.78 is 23.1. The van der Waals surface area contributed by atoms with Gasteiger partial charge < -0.3 is 10.2 Å². The average Bonchev–Trinajstić information content (AvgIpc) is 3.00. The molecule has 1 aliphatic rings. The van der Waals surface area contributed by atoms with Crippen LogP contribution < -0.4 is 5.32 Å². The molecule has 1 atom stereocenters. The lowest BCUT2D eigenvalue weighted by atomic mass is 10.1. The first-order valence-electron chi connectivity index (χ1n) is 8.81. The first kappa shape index (κ1) is 19.1. The molecule has 1 saturated heterocycles. The Morgan fingerprint density at radius 2 is 1.44 bits per heavy atom. The molecule has 0 radical (unpaired) electrons. The second-order valence-corrected chi connectivity index (χ2v) is 8.93. The van der Waals surface area contributed by atoms with Crippen molar-refractivity contribution in [1.29, 1.82) is 0 Å². The summed E-state index contributed by atoms with van der Waals surface area (Å²) in [6, 6.07) is 18.4. The molecule has 2 aromatic rings. The van der Waals surface area contributed by atoms with Gasteiger partial charge in [0.25, 0.3) is 0 Å². The van der Waals surface area contributed by atoms with E-state index in [-0.39, 0.29) is 11.5 Å². The SMILES string of the molecule is O=C(NC1CCS(=O)(=O)C1)C(=O)N(Cc1ccccc1)Cc1ccccc1. The topological polar surface area (TPSA) is 83.5 Å². The van der Waals surface area contributed by atoms with Crippen LogP contribution in [0.25, 0.3) is 0 Å². The van der Waals surface area contributed by atoms with Gasteiger partial charge in [-0.05, 0) is 17.5 Å². The molecule has 1 aliphatic heterocycles. The molecule has 6 nitrogen and oxygen atoms in total. The number of carbonyl (C=O) groups excluding carboxylic acids is 2. The Kier molecular flexibility index (Phi) is 5.91. The molecular formula is C20H22N2O4S. The van der Waals surface area contributed by atoms with E-state index in [2.05, 4.69) is 5.32 Å². The zero-order valence-corrected chi connectivity index (χ0v) is 15.7. The van der Waals surface area contributed by atoms with Gasteiger partial charge in [0.15, 0.2) is 9.84 Å². The van der Waals surface area contributed by atoms with E-state index in [1.807, 2.05) is 60.7 Å². The van der Waals surface area contributed by atoms with E-state index in [1.165, 1.54) is 4.90 Å². The number of rotatable bonds is 5. The molecule has 1 N–H and O–H groups in total. The Bertz CT molecular complexity index is 857. The lowest BCUT2D eigenvalue weighted by Crippen LogP contribution is -2.46. The van der Waals surface area contributed by atoms with E-state index in [0.29, 0.717) is 19.5 Å². The van der Waals surface area contributed by atoms with Gasteiger partial charge in [0.2, 0.25) is 0 Å². The molecule has 0 bridgehead atoms. The molecule has 0 aliphatic carbocycles. The molecule has 27 heavy (non-hydrogen) atoms. The minimum atomic E-state index is -3.12. The van der Waals surface area contributed by atoms with Crippen molar-refractivity contribution in [3.05, 3.63) is 71.8 Å². The van der Waals surface area contributed by atoms with Crippen LogP contribution in [0.4, 0.5) is 0 Å². The van der Waals surface area contributed by atoms with Gasteiger partial charge in [-0.15, -0.1) is 0 Å². The molecule has 1 heterocycles. The van der Waals surface area contributed by atoms with Crippen LogP contribution in [0.3, 0.4) is 0 Å². The van der Waals surface area contributed by atoms with Crippen LogP contribution in [-0.4, -0.2) is 42.7 Å². The number of nitrogens with zero attached hydrogens (tertiary/aromatic N) is 1. The Hall–Kier alpha value is -2.67. The number of hydrogen-bond donors (Lipinski definition) is 1. The van der Waals surface area contributed by atoms with Crippen molar-refractivity contribution in [2.75, 3.05) is 11.5 Å². The molecule has 0 saturated carbocycles. The van der Waals surface area contributed by atoms with Crippen molar-refractivity contribution < 1.29 is 18.0 Å². The monoisotopic (exact) mass is 386 g/mol. The van der Waals surface area contributed by atoms with E-state index in [1.54, 1.807) is 0 Å². The highest BCUT2D eigenvalue weighted by atomic mass is 32.2. The van der Waals surface area contributed by atoms with E-state index >= 15 is 0 Å². The fourth-order valence-corrected chi connectivity index (χ4v) is 4.78. The summed E-state index contributed by atoms with van der Waals surface area (Å²) >= 11 is 0. The lowest BCUT2D eigenvalue weighted by Gasteiger charge is -2.23. The van der Waals surface area contributed by atoms with Crippen molar-refractivity contribution in [1.82, 2.24) is 10.2 Å². The second-order valence-electron chi connectivity index (χ2n) is 6.71. The lowest BCUT2D eigenvalue weighted by molar-refractivity contribution is -0.147. The maximum absolute atomic E-state index is 12.8. The number of hydrogen-bond acceptors (Lipinski definition) is 4. The normalized spacial score (nSPS) is 18.0. The summed E-state index contributed by atoms with van der Waals surface area (Å²) in [7, 11) is -3.12. The fourth-order valence-electron chi connectivity index (χ4n) is 3.11.